The number of carbonyl (C=O) groups excluding carboxylic acids is 2. The summed E-state index contributed by atoms with van der Waals surface area (Å²) in [6, 6.07) is 11.2. The van der Waals surface area contributed by atoms with Crippen molar-refractivity contribution in [3.05, 3.63) is 106 Å². The Labute approximate surface area is 227 Å². The van der Waals surface area contributed by atoms with Crippen molar-refractivity contribution in [2.75, 3.05) is 0 Å². The lowest BCUT2D eigenvalue weighted by molar-refractivity contribution is -0.116. The van der Waals surface area contributed by atoms with Crippen LogP contribution in [-0.2, 0) is 21.4 Å². The van der Waals surface area contributed by atoms with E-state index in [9.17, 15) is 19.8 Å². The number of aromatic nitrogens is 2. The molecule has 0 saturated heterocycles. The minimum Gasteiger partial charge on any atom is -0.504 e. The first-order chi connectivity index (χ1) is 18.5. The summed E-state index contributed by atoms with van der Waals surface area (Å²) in [6.45, 7) is 13.9. The largest absolute Gasteiger partial charge is 0.504 e. The minimum atomic E-state index is -0.806. The molecule has 0 radical (unpaired) electrons. The smallest absolute Gasteiger partial charge is 0.232 e. The van der Waals surface area contributed by atoms with Gasteiger partial charge in [0.15, 0.2) is 11.5 Å². The van der Waals surface area contributed by atoms with Crippen LogP contribution in [0, 0.1) is 6.92 Å². The zero-order valence-corrected chi connectivity index (χ0v) is 22.8. The van der Waals surface area contributed by atoms with Crippen molar-refractivity contribution < 1.29 is 19.8 Å². The van der Waals surface area contributed by atoms with Gasteiger partial charge in [-0.15, -0.1) is 6.58 Å². The molecule has 2 heterocycles. The predicted octanol–water partition coefficient (Wildman–Crippen LogP) is 7.32. The molecule has 39 heavy (non-hydrogen) atoms. The highest BCUT2D eigenvalue weighted by Crippen LogP contribution is 2.43. The maximum atomic E-state index is 13.8. The third-order valence-corrected chi connectivity index (χ3v) is 7.65. The molecule has 5 rings (SSSR count). The Hall–Kier alpha value is -4.58. The van der Waals surface area contributed by atoms with Crippen molar-refractivity contribution in [2.45, 2.75) is 46.5 Å². The van der Waals surface area contributed by atoms with Gasteiger partial charge in [-0.25, -0.2) is 0 Å². The number of nitrogens with one attached hydrogen (secondary N) is 2. The zero-order valence-electron chi connectivity index (χ0n) is 22.8. The molecule has 0 atom stereocenters. The average Bonchev–Trinajstić information content (AvgIpc) is 3.50. The van der Waals surface area contributed by atoms with Gasteiger partial charge in [0.25, 0.3) is 0 Å². The van der Waals surface area contributed by atoms with Crippen molar-refractivity contribution in [3.63, 3.8) is 0 Å². The standard InChI is InChI=1S/C33H32N2O4/c1-7-33(5,6)32-24(21-10-8-9-11-23(21)35-32)26-30(38)28(36)25(29(37)31(26)39)22-16-34-27-19(14-12-17(2)3)18(4)13-15-20(22)27/h7-13,15-16,34-36,39H,1,14H2,2-6H3. The molecule has 1 aliphatic carbocycles. The van der Waals surface area contributed by atoms with E-state index in [1.54, 1.807) is 12.3 Å². The van der Waals surface area contributed by atoms with Crippen LogP contribution in [0.15, 0.2) is 78.4 Å². The second kappa shape index (κ2) is 9.31. The van der Waals surface area contributed by atoms with Gasteiger partial charge in [0, 0.05) is 50.2 Å². The van der Waals surface area contributed by atoms with Crippen molar-refractivity contribution in [2.24, 2.45) is 0 Å². The monoisotopic (exact) mass is 520 g/mol. The lowest BCUT2D eigenvalue weighted by Crippen LogP contribution is -2.25. The van der Waals surface area contributed by atoms with Crippen molar-refractivity contribution in [3.8, 4) is 0 Å². The molecule has 198 valence electrons. The summed E-state index contributed by atoms with van der Waals surface area (Å²) in [7, 11) is 0. The molecule has 2 aromatic heterocycles. The Balaban J connectivity index is 1.71. The summed E-state index contributed by atoms with van der Waals surface area (Å²) in [5.74, 6) is -2.99. The number of carbonyl (C=O) groups is 2. The van der Waals surface area contributed by atoms with Gasteiger partial charge in [0.2, 0.25) is 11.6 Å². The molecule has 0 saturated carbocycles. The summed E-state index contributed by atoms with van der Waals surface area (Å²) >= 11 is 0. The Morgan fingerprint density at radius 2 is 1.64 bits per heavy atom. The van der Waals surface area contributed by atoms with Crippen LogP contribution in [0.2, 0.25) is 0 Å². The molecular formula is C33H32N2O4. The van der Waals surface area contributed by atoms with Crippen molar-refractivity contribution in [1.82, 2.24) is 9.97 Å². The van der Waals surface area contributed by atoms with Crippen molar-refractivity contribution in [1.29, 1.82) is 0 Å². The number of rotatable bonds is 6. The number of para-hydroxylation sites is 1. The number of hydrogen-bond acceptors (Lipinski definition) is 4. The van der Waals surface area contributed by atoms with Gasteiger partial charge in [-0.1, -0.05) is 61.9 Å². The SMILES string of the molecule is C=CC(C)(C)c1[nH]c2ccccc2c1C1=C(O)C(=O)C(c2c[nH]c3c(CC=C(C)C)c(C)ccc23)=C(O)C1=O. The Morgan fingerprint density at radius 3 is 2.33 bits per heavy atom. The summed E-state index contributed by atoms with van der Waals surface area (Å²) < 4.78 is 0. The zero-order chi connectivity index (χ0) is 28.2. The number of hydrogen-bond donors (Lipinski definition) is 4. The number of Topliss-reactive ketones (excluding diaryl/α,β-unsaturated/α-hetero) is 2. The van der Waals surface area contributed by atoms with Crippen LogP contribution in [0.25, 0.3) is 33.0 Å². The van der Waals surface area contributed by atoms with Gasteiger partial charge in [-0.3, -0.25) is 9.59 Å². The predicted molar refractivity (Wildman–Crippen MR) is 157 cm³/mol. The molecule has 6 heteroatoms. The highest BCUT2D eigenvalue weighted by molar-refractivity contribution is 6.48. The van der Waals surface area contributed by atoms with Gasteiger partial charge >= 0.3 is 0 Å². The number of aliphatic hydroxyl groups excluding tert-OH is 2. The maximum absolute atomic E-state index is 13.8. The molecule has 0 aliphatic heterocycles. The van der Waals surface area contributed by atoms with E-state index in [-0.39, 0.29) is 11.1 Å². The normalized spacial score (nSPS) is 14.6. The molecule has 0 unspecified atom stereocenters. The average molecular weight is 521 g/mol. The second-order valence-corrected chi connectivity index (χ2v) is 10.9. The summed E-state index contributed by atoms with van der Waals surface area (Å²) in [5.41, 5.74) is 5.20. The van der Waals surface area contributed by atoms with E-state index in [1.807, 2.05) is 71.0 Å². The first kappa shape index (κ1) is 26.0. The highest BCUT2D eigenvalue weighted by Gasteiger charge is 2.40. The summed E-state index contributed by atoms with van der Waals surface area (Å²) in [6.07, 6.45) is 6.17. The van der Waals surface area contributed by atoms with E-state index >= 15 is 0 Å². The third-order valence-electron chi connectivity index (χ3n) is 7.65. The Bertz CT molecular complexity index is 1800. The number of aryl methyl sites for hydroxylation is 1. The van der Waals surface area contributed by atoms with Crippen LogP contribution < -0.4 is 0 Å². The molecule has 0 bridgehead atoms. The van der Waals surface area contributed by atoms with E-state index < -0.39 is 28.5 Å². The number of benzene rings is 2. The van der Waals surface area contributed by atoms with E-state index in [0.29, 0.717) is 34.0 Å². The third kappa shape index (κ3) is 4.04. The van der Waals surface area contributed by atoms with Crippen LogP contribution in [0.1, 0.15) is 55.6 Å². The number of H-pyrrole nitrogens is 2. The van der Waals surface area contributed by atoms with E-state index in [1.165, 1.54) is 5.57 Å². The number of ketones is 2. The maximum Gasteiger partial charge on any atom is 0.232 e. The van der Waals surface area contributed by atoms with Crippen molar-refractivity contribution >= 4 is 44.5 Å². The minimum absolute atomic E-state index is 0.214. The molecule has 4 N–H and O–H groups in total. The van der Waals surface area contributed by atoms with E-state index in [4.69, 9.17) is 0 Å². The van der Waals surface area contributed by atoms with Crippen LogP contribution in [-0.4, -0.2) is 31.7 Å². The molecule has 1 aliphatic rings. The number of aromatic amines is 2. The Morgan fingerprint density at radius 1 is 0.974 bits per heavy atom. The van der Waals surface area contributed by atoms with Gasteiger partial charge in [-0.05, 0) is 44.4 Å². The first-order valence-corrected chi connectivity index (χ1v) is 12.9. The van der Waals surface area contributed by atoms with Gasteiger partial charge in [0.05, 0.1) is 11.1 Å². The fraction of sp³-hybridized carbons (Fsp3) is 0.212. The van der Waals surface area contributed by atoms with Crippen LogP contribution in [0.5, 0.6) is 0 Å². The number of fused-ring (bicyclic) bond motifs is 2. The Kier molecular flexibility index (Phi) is 6.22. The molecule has 6 nitrogen and oxygen atoms in total. The van der Waals surface area contributed by atoms with Gasteiger partial charge in [0.1, 0.15) is 0 Å². The summed E-state index contributed by atoms with van der Waals surface area (Å²) in [4.78, 5) is 34.1. The van der Waals surface area contributed by atoms with E-state index in [0.717, 1.165) is 22.2 Å². The fourth-order valence-corrected chi connectivity index (χ4v) is 5.29. The van der Waals surface area contributed by atoms with E-state index in [2.05, 4.69) is 22.6 Å². The van der Waals surface area contributed by atoms with Crippen LogP contribution in [0.3, 0.4) is 0 Å². The molecule has 0 amide bonds. The quantitative estimate of drug-likeness (QED) is 0.158. The topological polar surface area (TPSA) is 106 Å². The van der Waals surface area contributed by atoms with Crippen LogP contribution >= 0.6 is 0 Å². The highest BCUT2D eigenvalue weighted by atomic mass is 16.3. The molecule has 0 fully saturated rings. The molecule has 2 aromatic carbocycles. The number of allylic oxidation sites excluding steroid dienone is 5. The molecular weight excluding hydrogens is 488 g/mol. The first-order valence-electron chi connectivity index (χ1n) is 12.9. The number of aliphatic hydroxyl groups is 2. The molecule has 0 spiro atoms. The van der Waals surface area contributed by atoms with Gasteiger partial charge in [-0.2, -0.15) is 0 Å². The molecule has 4 aromatic rings. The van der Waals surface area contributed by atoms with Crippen LogP contribution in [0.4, 0.5) is 0 Å². The summed E-state index contributed by atoms with van der Waals surface area (Å²) in [5, 5.41) is 23.9. The lowest BCUT2D eigenvalue weighted by Gasteiger charge is -2.24. The van der Waals surface area contributed by atoms with Gasteiger partial charge < -0.3 is 20.2 Å². The second-order valence-electron chi connectivity index (χ2n) is 10.9. The fourth-order valence-electron chi connectivity index (χ4n) is 5.29. The lowest BCUT2D eigenvalue weighted by atomic mass is 9.80.